The van der Waals surface area contributed by atoms with Crippen molar-refractivity contribution in [3.63, 3.8) is 0 Å². The van der Waals surface area contributed by atoms with E-state index in [2.05, 4.69) is 152 Å². The second-order valence-corrected chi connectivity index (χ2v) is 13.1. The summed E-state index contributed by atoms with van der Waals surface area (Å²) in [5.74, 6) is 0. The molecule has 216 valence electrons. The monoisotopic (exact) mass is 668 g/mol. The van der Waals surface area contributed by atoms with Crippen LogP contribution in [0.4, 0.5) is 0 Å². The molecular weight excluding hydrogens is 631 g/mol. The molecule has 0 saturated heterocycles. The third-order valence-corrected chi connectivity index (χ3v) is 8.77. The van der Waals surface area contributed by atoms with E-state index in [1.165, 1.54) is 88.6 Å². The second-order valence-electron chi connectivity index (χ2n) is 11.9. The smallest absolute Gasteiger partial charge is 0.0253 e. The average molecular weight is 671 g/mol. The number of halogens is 2. The fraction of sp³-hybridized carbons (Fsp3) is 0.231. The molecule has 1 aliphatic carbocycles. The van der Waals surface area contributed by atoms with Gasteiger partial charge in [0.25, 0.3) is 0 Å². The van der Waals surface area contributed by atoms with Gasteiger partial charge in [-0.1, -0.05) is 75.4 Å². The van der Waals surface area contributed by atoms with Gasteiger partial charge in [-0.2, -0.15) is 52.6 Å². The van der Waals surface area contributed by atoms with E-state index in [1.54, 1.807) is 0 Å². The van der Waals surface area contributed by atoms with Gasteiger partial charge >= 0.3 is 112 Å². The Morgan fingerprint density at radius 1 is 0.714 bits per heavy atom. The van der Waals surface area contributed by atoms with Gasteiger partial charge in [-0.3, -0.25) is 0 Å². The quantitative estimate of drug-likeness (QED) is 0.246. The number of fused-ring (bicyclic) bond motifs is 3. The molecule has 1 aliphatic rings. The van der Waals surface area contributed by atoms with E-state index in [-0.39, 0.29) is 24.8 Å². The van der Waals surface area contributed by atoms with Crippen LogP contribution in [0, 0.1) is 33.8 Å². The Morgan fingerprint density at radius 2 is 1.24 bits per heavy atom. The molecule has 3 heteroatoms. The Balaban J connectivity index is 0.000000219. The van der Waals surface area contributed by atoms with Crippen LogP contribution in [0.15, 0.2) is 103 Å². The number of hydrogen-bond acceptors (Lipinski definition) is 0. The summed E-state index contributed by atoms with van der Waals surface area (Å²) in [4.78, 5) is 0. The van der Waals surface area contributed by atoms with Crippen molar-refractivity contribution in [1.82, 2.24) is 0 Å². The summed E-state index contributed by atoms with van der Waals surface area (Å²) in [6, 6.07) is 40.2. The largest absolute Gasteiger partial charge is 1.00 e. The predicted molar refractivity (Wildman–Crippen MR) is 169 cm³/mol. The number of aryl methyl sites for hydroxylation is 4. The van der Waals surface area contributed by atoms with Crippen molar-refractivity contribution in [3.05, 3.63) is 159 Å². The first kappa shape index (κ1) is 35.8. The van der Waals surface area contributed by atoms with Gasteiger partial charge in [-0.05, 0) is 6.42 Å². The van der Waals surface area contributed by atoms with Gasteiger partial charge in [0.15, 0.2) is 0 Å². The molecule has 0 saturated carbocycles. The first-order valence-corrected chi connectivity index (χ1v) is 15.3. The molecule has 5 aromatic carbocycles. The molecule has 6 rings (SSSR count). The number of hydrogen-bond donors (Lipinski definition) is 0. The molecule has 0 radical (unpaired) electrons. The molecule has 0 fully saturated rings. The Labute approximate surface area is 281 Å². The summed E-state index contributed by atoms with van der Waals surface area (Å²) in [5.41, 5.74) is 15.4. The average Bonchev–Trinajstić information content (AvgIpc) is 3.49. The van der Waals surface area contributed by atoms with Crippen molar-refractivity contribution in [3.8, 4) is 11.1 Å². The van der Waals surface area contributed by atoms with Crippen molar-refractivity contribution in [2.45, 2.75) is 60.3 Å². The molecule has 0 heterocycles. The van der Waals surface area contributed by atoms with Crippen molar-refractivity contribution in [2.75, 3.05) is 0 Å². The zero-order valence-electron chi connectivity index (χ0n) is 25.8. The minimum Gasteiger partial charge on any atom is -1.00 e. The topological polar surface area (TPSA) is 0 Å². The molecule has 0 atom stereocenters. The van der Waals surface area contributed by atoms with Crippen LogP contribution < -0.4 is 24.8 Å². The van der Waals surface area contributed by atoms with Crippen LogP contribution in [0.2, 0.25) is 0 Å². The predicted octanol–water partition coefficient (Wildman–Crippen LogP) is 3.80. The van der Waals surface area contributed by atoms with E-state index >= 15 is 0 Å². The second kappa shape index (κ2) is 15.9. The van der Waals surface area contributed by atoms with Crippen LogP contribution in [0.1, 0.15) is 70.8 Å². The summed E-state index contributed by atoms with van der Waals surface area (Å²) in [6.45, 7) is 15.4. The van der Waals surface area contributed by atoms with Crippen LogP contribution in [0.5, 0.6) is 0 Å². The summed E-state index contributed by atoms with van der Waals surface area (Å²) in [6.07, 6.45) is 1.05. The molecule has 0 nitrogen and oxygen atoms in total. The van der Waals surface area contributed by atoms with Crippen LogP contribution in [0.25, 0.3) is 11.1 Å². The Bertz CT molecular complexity index is 1490. The minimum absolute atomic E-state index is 0. The molecule has 0 N–H and O–H groups in total. The van der Waals surface area contributed by atoms with Gasteiger partial charge in [-0.25, -0.2) is 6.07 Å². The van der Waals surface area contributed by atoms with E-state index in [4.69, 9.17) is 0 Å². The first-order chi connectivity index (χ1) is 19.0. The van der Waals surface area contributed by atoms with E-state index in [0.717, 1.165) is 6.42 Å². The van der Waals surface area contributed by atoms with Crippen molar-refractivity contribution < 1.29 is 49.0 Å². The summed E-state index contributed by atoms with van der Waals surface area (Å²) < 4.78 is 1.42. The summed E-state index contributed by atoms with van der Waals surface area (Å²) in [7, 11) is 0. The van der Waals surface area contributed by atoms with E-state index in [0.29, 0.717) is 5.41 Å². The zero-order valence-corrected chi connectivity index (χ0v) is 29.7. The minimum atomic E-state index is 0. The van der Waals surface area contributed by atoms with Crippen LogP contribution in [-0.2, 0) is 36.1 Å². The molecule has 0 amide bonds. The van der Waals surface area contributed by atoms with Gasteiger partial charge in [0.05, 0.1) is 0 Å². The maximum atomic E-state index is 3.30. The van der Waals surface area contributed by atoms with Gasteiger partial charge in [-0.15, -0.1) is 5.56 Å². The third kappa shape index (κ3) is 9.28. The van der Waals surface area contributed by atoms with E-state index < -0.39 is 0 Å². The Morgan fingerprint density at radius 3 is 1.71 bits per heavy atom. The van der Waals surface area contributed by atoms with Crippen LogP contribution in [-0.4, -0.2) is 3.21 Å². The fourth-order valence-corrected chi connectivity index (χ4v) is 6.03. The fourth-order valence-electron chi connectivity index (χ4n) is 5.22. The maximum absolute atomic E-state index is 3.30. The molecule has 0 bridgehead atoms. The molecular formula is C39H40Cl2Zr-2. The third-order valence-electron chi connectivity index (χ3n) is 7.35. The van der Waals surface area contributed by atoms with Gasteiger partial charge in [0.2, 0.25) is 0 Å². The van der Waals surface area contributed by atoms with E-state index in [1.807, 2.05) is 6.07 Å². The molecule has 42 heavy (non-hydrogen) atoms. The van der Waals surface area contributed by atoms with Crippen molar-refractivity contribution >= 4 is 3.21 Å². The maximum Gasteiger partial charge on any atom is -0.0253 e. The molecule has 0 spiro atoms. The molecule has 0 aliphatic heterocycles. The zero-order chi connectivity index (χ0) is 28.9. The van der Waals surface area contributed by atoms with Crippen LogP contribution in [0.3, 0.4) is 0 Å². The number of rotatable bonds is 2. The molecule has 0 aromatic heterocycles. The Kier molecular flexibility index (Phi) is 13.5. The van der Waals surface area contributed by atoms with Crippen LogP contribution >= 0.6 is 0 Å². The SMILES string of the molecule is Cc1cc(C(C)(C)C)c(C)[cH-]1.Cc1ccc([C](=[Zr+2])c2ccc(C)cc2)cc1.[Cl-].[Cl-].[c-]1cccc2c1Cc1ccccc1-2. The van der Waals surface area contributed by atoms with Gasteiger partial charge in [0.1, 0.15) is 0 Å². The van der Waals surface area contributed by atoms with Gasteiger partial charge < -0.3 is 24.8 Å². The van der Waals surface area contributed by atoms with Crippen molar-refractivity contribution in [2.24, 2.45) is 0 Å². The normalized spacial score (nSPS) is 10.9. The molecule has 5 aromatic rings. The standard InChI is InChI=1S/C15H14.C13H9.C11H17.2ClH.Zr/c1-12-3-7-14(8-4-12)11-15-9-5-13(2)6-10-15;1-3-7-12-10(5-1)9-11-6-2-4-8-13(11)12;1-8-6-9(2)10(7-8)11(3,4)5;;;/h3-10H,1-2H3;1-5,7-8H,9H2;6-7H,1-5H3;2*1H;/q;2*-1;;;+2/p-2. The molecule has 0 unspecified atom stereocenters. The summed E-state index contributed by atoms with van der Waals surface area (Å²) >= 11 is 1.46. The summed E-state index contributed by atoms with van der Waals surface area (Å²) in [5, 5.41) is 0. The van der Waals surface area contributed by atoms with Gasteiger partial charge in [0, 0.05) is 0 Å². The van der Waals surface area contributed by atoms with Crippen molar-refractivity contribution in [1.29, 1.82) is 0 Å². The number of benzene rings is 4. The first-order valence-electron chi connectivity index (χ1n) is 14.1. The Hall–Kier alpha value is -2.44. The van der Waals surface area contributed by atoms with E-state index in [9.17, 15) is 0 Å².